The van der Waals surface area contributed by atoms with Crippen LogP contribution in [0.1, 0.15) is 10.4 Å². The Morgan fingerprint density at radius 2 is 2.00 bits per heavy atom. The predicted molar refractivity (Wildman–Crippen MR) is 59.3 cm³/mol. The van der Waals surface area contributed by atoms with Crippen molar-refractivity contribution < 1.29 is 9.53 Å². The van der Waals surface area contributed by atoms with E-state index in [4.69, 9.17) is 11.5 Å². The SMILES string of the molecule is COC(=O)c1cc(Br)cc(N)c1N.N. The highest BCUT2D eigenvalue weighted by Crippen LogP contribution is 2.25. The minimum atomic E-state index is -0.495. The fraction of sp³-hybridized carbons (Fsp3) is 0.125. The van der Waals surface area contributed by atoms with Crippen LogP contribution < -0.4 is 17.6 Å². The molecule has 0 aromatic heterocycles. The summed E-state index contributed by atoms with van der Waals surface area (Å²) >= 11 is 3.20. The molecule has 0 unspecified atom stereocenters. The van der Waals surface area contributed by atoms with Crippen molar-refractivity contribution in [3.05, 3.63) is 22.2 Å². The highest BCUT2D eigenvalue weighted by atomic mass is 79.9. The Morgan fingerprint density at radius 1 is 1.43 bits per heavy atom. The lowest BCUT2D eigenvalue weighted by Crippen LogP contribution is -2.07. The van der Waals surface area contributed by atoms with Crippen LogP contribution in [-0.4, -0.2) is 13.1 Å². The van der Waals surface area contributed by atoms with E-state index in [1.807, 2.05) is 0 Å². The number of halogens is 1. The predicted octanol–water partition coefficient (Wildman–Crippen LogP) is 1.56. The zero-order chi connectivity index (χ0) is 10.0. The van der Waals surface area contributed by atoms with Crippen molar-refractivity contribution >= 4 is 33.3 Å². The van der Waals surface area contributed by atoms with Gasteiger partial charge in [-0.3, -0.25) is 0 Å². The summed E-state index contributed by atoms with van der Waals surface area (Å²) in [5.74, 6) is -0.495. The van der Waals surface area contributed by atoms with Crippen molar-refractivity contribution in [2.24, 2.45) is 0 Å². The van der Waals surface area contributed by atoms with E-state index in [2.05, 4.69) is 20.7 Å². The van der Waals surface area contributed by atoms with Crippen LogP contribution in [0.4, 0.5) is 11.4 Å². The molecule has 1 aromatic carbocycles. The smallest absolute Gasteiger partial charge is 0.340 e. The summed E-state index contributed by atoms with van der Waals surface area (Å²) in [5.41, 5.74) is 12.0. The Kier molecular flexibility index (Phi) is 4.39. The molecular weight excluding hydrogens is 250 g/mol. The van der Waals surface area contributed by atoms with Gasteiger partial charge in [0.25, 0.3) is 0 Å². The lowest BCUT2D eigenvalue weighted by molar-refractivity contribution is 0.0602. The number of carbonyl (C=O) groups excluding carboxylic acids is 1. The van der Waals surface area contributed by atoms with Crippen LogP contribution in [0.5, 0.6) is 0 Å². The monoisotopic (exact) mass is 261 g/mol. The summed E-state index contributed by atoms with van der Waals surface area (Å²) in [6, 6.07) is 3.19. The first-order valence-electron chi connectivity index (χ1n) is 3.49. The average Bonchev–Trinajstić information content (AvgIpc) is 2.10. The molecule has 0 saturated carbocycles. The van der Waals surface area contributed by atoms with Gasteiger partial charge in [-0.25, -0.2) is 4.79 Å². The number of hydrogen-bond donors (Lipinski definition) is 3. The molecule has 7 N–H and O–H groups in total. The summed E-state index contributed by atoms with van der Waals surface area (Å²) in [5, 5.41) is 0. The van der Waals surface area contributed by atoms with Gasteiger partial charge in [0.1, 0.15) is 0 Å². The summed E-state index contributed by atoms with van der Waals surface area (Å²) in [6.45, 7) is 0. The molecule has 78 valence electrons. The maximum absolute atomic E-state index is 11.2. The van der Waals surface area contributed by atoms with Gasteiger partial charge in [0.05, 0.1) is 24.0 Å². The number of esters is 1. The lowest BCUT2D eigenvalue weighted by Gasteiger charge is -2.06. The van der Waals surface area contributed by atoms with E-state index in [1.54, 1.807) is 12.1 Å². The molecule has 0 heterocycles. The second-order valence-corrected chi connectivity index (χ2v) is 3.36. The Bertz CT molecular complexity index is 355. The zero-order valence-electron chi connectivity index (χ0n) is 7.71. The largest absolute Gasteiger partial charge is 0.465 e. The number of ether oxygens (including phenoxy) is 1. The first-order chi connectivity index (χ1) is 6.06. The molecule has 5 nitrogen and oxygen atoms in total. The minimum absolute atomic E-state index is 0. The summed E-state index contributed by atoms with van der Waals surface area (Å²) in [6.07, 6.45) is 0. The average molecular weight is 262 g/mol. The first-order valence-corrected chi connectivity index (χ1v) is 4.28. The van der Waals surface area contributed by atoms with Gasteiger partial charge >= 0.3 is 5.97 Å². The van der Waals surface area contributed by atoms with Crippen molar-refractivity contribution in [3.63, 3.8) is 0 Å². The highest BCUT2D eigenvalue weighted by molar-refractivity contribution is 9.10. The molecule has 0 spiro atoms. The normalized spacial score (nSPS) is 9.00. The number of hydrogen-bond acceptors (Lipinski definition) is 5. The standard InChI is InChI=1S/C8H9BrN2O2.H3N/c1-13-8(12)5-2-4(9)3-6(10)7(5)11;/h2-3H,10-11H2,1H3;1H3. The van der Waals surface area contributed by atoms with Gasteiger partial charge < -0.3 is 22.4 Å². The molecule has 0 saturated heterocycles. The first kappa shape index (κ1) is 12.7. The van der Waals surface area contributed by atoms with Crippen LogP contribution in [-0.2, 0) is 4.74 Å². The Hall–Kier alpha value is -1.27. The number of anilines is 2. The molecule has 0 fully saturated rings. The minimum Gasteiger partial charge on any atom is -0.465 e. The van der Waals surface area contributed by atoms with Crippen LogP contribution >= 0.6 is 15.9 Å². The second-order valence-electron chi connectivity index (χ2n) is 2.45. The molecule has 0 aliphatic carbocycles. The van der Waals surface area contributed by atoms with E-state index >= 15 is 0 Å². The van der Waals surface area contributed by atoms with Gasteiger partial charge in [-0.15, -0.1) is 0 Å². The van der Waals surface area contributed by atoms with Crippen LogP contribution in [0.15, 0.2) is 16.6 Å². The highest BCUT2D eigenvalue weighted by Gasteiger charge is 2.12. The molecule has 0 bridgehead atoms. The molecular formula is C8H12BrN3O2. The molecule has 6 heteroatoms. The van der Waals surface area contributed by atoms with Crippen molar-refractivity contribution in [1.29, 1.82) is 0 Å². The number of nitrogen functional groups attached to an aromatic ring is 2. The quantitative estimate of drug-likeness (QED) is 0.525. The summed E-state index contributed by atoms with van der Waals surface area (Å²) in [7, 11) is 1.29. The number of methoxy groups -OCH3 is 1. The van der Waals surface area contributed by atoms with Gasteiger partial charge in [-0.1, -0.05) is 15.9 Å². The molecule has 1 aromatic rings. The van der Waals surface area contributed by atoms with Crippen molar-refractivity contribution in [3.8, 4) is 0 Å². The molecule has 1 rings (SSSR count). The Balaban J connectivity index is 0.00000169. The Morgan fingerprint density at radius 3 is 2.50 bits per heavy atom. The molecule has 0 radical (unpaired) electrons. The summed E-state index contributed by atoms with van der Waals surface area (Å²) < 4.78 is 5.23. The fourth-order valence-corrected chi connectivity index (χ4v) is 1.39. The van der Waals surface area contributed by atoms with Gasteiger partial charge in [-0.05, 0) is 12.1 Å². The number of carbonyl (C=O) groups is 1. The summed E-state index contributed by atoms with van der Waals surface area (Å²) in [4.78, 5) is 11.2. The van der Waals surface area contributed by atoms with Gasteiger partial charge in [0.15, 0.2) is 0 Å². The van der Waals surface area contributed by atoms with Crippen molar-refractivity contribution in [2.75, 3.05) is 18.6 Å². The van der Waals surface area contributed by atoms with E-state index in [1.165, 1.54) is 7.11 Å². The number of nitrogens with two attached hydrogens (primary N) is 2. The topological polar surface area (TPSA) is 113 Å². The van der Waals surface area contributed by atoms with Crippen LogP contribution in [0.3, 0.4) is 0 Å². The lowest BCUT2D eigenvalue weighted by atomic mass is 10.1. The Labute approximate surface area is 90.1 Å². The maximum atomic E-state index is 11.2. The van der Waals surface area contributed by atoms with Gasteiger partial charge in [0, 0.05) is 4.47 Å². The third-order valence-corrected chi connectivity index (χ3v) is 2.04. The number of rotatable bonds is 1. The molecule has 0 atom stereocenters. The molecule has 0 aliphatic heterocycles. The van der Waals surface area contributed by atoms with Crippen LogP contribution in [0.2, 0.25) is 0 Å². The van der Waals surface area contributed by atoms with Gasteiger partial charge in [-0.2, -0.15) is 0 Å². The van der Waals surface area contributed by atoms with E-state index < -0.39 is 5.97 Å². The molecule has 0 aliphatic rings. The van der Waals surface area contributed by atoms with E-state index in [-0.39, 0.29) is 17.4 Å². The third kappa shape index (κ3) is 2.36. The van der Waals surface area contributed by atoms with Crippen LogP contribution in [0.25, 0.3) is 0 Å². The molecule has 14 heavy (non-hydrogen) atoms. The van der Waals surface area contributed by atoms with Crippen molar-refractivity contribution in [1.82, 2.24) is 6.15 Å². The fourth-order valence-electron chi connectivity index (χ4n) is 0.918. The van der Waals surface area contributed by atoms with Crippen LogP contribution in [0, 0.1) is 0 Å². The van der Waals surface area contributed by atoms with E-state index in [0.29, 0.717) is 10.2 Å². The third-order valence-electron chi connectivity index (χ3n) is 1.58. The van der Waals surface area contributed by atoms with Crippen molar-refractivity contribution in [2.45, 2.75) is 0 Å². The van der Waals surface area contributed by atoms with E-state index in [0.717, 1.165) is 0 Å². The second kappa shape index (κ2) is 4.83. The number of benzene rings is 1. The van der Waals surface area contributed by atoms with Gasteiger partial charge in [0.2, 0.25) is 0 Å². The maximum Gasteiger partial charge on any atom is 0.340 e. The van der Waals surface area contributed by atoms with E-state index in [9.17, 15) is 4.79 Å². The molecule has 0 amide bonds. The zero-order valence-corrected chi connectivity index (χ0v) is 9.30.